The molecule has 0 aromatic heterocycles. The first-order valence-corrected chi connectivity index (χ1v) is 29.2. The summed E-state index contributed by atoms with van der Waals surface area (Å²) in [6.45, 7) is 5.09. The molecule has 0 saturated heterocycles. The minimum atomic E-state index is -5.22. The second kappa shape index (κ2) is 25.1. The van der Waals surface area contributed by atoms with Crippen molar-refractivity contribution in [1.82, 2.24) is 0 Å². The Hall–Kier alpha value is -4.90. The van der Waals surface area contributed by atoms with Crippen LogP contribution in [0, 0.1) is 23.3 Å². The average Bonchev–Trinajstić information content (AvgIpc) is 3.74. The minimum Gasteiger partial charge on any atom is -0.420 e. The minimum absolute atomic E-state index is 0.0605. The van der Waals surface area contributed by atoms with E-state index in [-0.39, 0.29) is 35.0 Å². The highest BCUT2D eigenvalue weighted by Crippen LogP contribution is 2.51. The lowest BCUT2D eigenvalue weighted by molar-refractivity contribution is -0.438. The van der Waals surface area contributed by atoms with Gasteiger partial charge in [-0.25, -0.2) is 8.78 Å². The number of fused-ring (bicyclic) bond motifs is 2. The van der Waals surface area contributed by atoms with E-state index < -0.39 is 97.6 Å². The van der Waals surface area contributed by atoms with Crippen LogP contribution in [0.4, 0.5) is 28.9 Å². The molecule has 3 aromatic rings. The van der Waals surface area contributed by atoms with E-state index in [9.17, 15) is 60.6 Å². The van der Waals surface area contributed by atoms with Crippen LogP contribution >= 0.6 is 0 Å². The van der Waals surface area contributed by atoms with Gasteiger partial charge in [-0.2, -0.15) is 47.0 Å². The van der Waals surface area contributed by atoms with Crippen LogP contribution in [0.25, 0.3) is 0 Å². The van der Waals surface area contributed by atoms with Crippen LogP contribution in [0.5, 0.6) is 5.75 Å². The van der Waals surface area contributed by atoms with Gasteiger partial charge in [-0.05, 0) is 101 Å². The second-order valence-corrected chi connectivity index (χ2v) is 24.5. The number of benzene rings is 3. The van der Waals surface area contributed by atoms with Gasteiger partial charge in [-0.15, -0.1) is 0 Å². The highest BCUT2D eigenvalue weighted by molar-refractivity contribution is 7.87. The summed E-state index contributed by atoms with van der Waals surface area (Å²) in [4.78, 5) is 12.2. The highest BCUT2D eigenvalue weighted by Gasteiger charge is 2.48. The number of anilines is 1. The smallest absolute Gasteiger partial charge is 0.311 e. The first-order chi connectivity index (χ1) is 35.2. The molecule has 2 aliphatic rings. The van der Waals surface area contributed by atoms with Gasteiger partial charge in [0.1, 0.15) is 6.54 Å². The number of methoxy groups -OCH3 is 2. The summed E-state index contributed by atoms with van der Waals surface area (Å²) in [7, 11) is -12.0. The van der Waals surface area contributed by atoms with Gasteiger partial charge < -0.3 is 19.1 Å². The fraction of sp³-hybridized carbons (Fsp3) is 0.469. The Bertz CT molecular complexity index is 3190. The lowest BCUT2D eigenvalue weighted by Crippen LogP contribution is -2.33. The van der Waals surface area contributed by atoms with Crippen molar-refractivity contribution in [1.29, 1.82) is 0 Å². The Morgan fingerprint density at radius 2 is 1.33 bits per heavy atom. The van der Waals surface area contributed by atoms with Gasteiger partial charge >= 0.3 is 16.1 Å². The van der Waals surface area contributed by atoms with Crippen molar-refractivity contribution in [3.8, 4) is 5.75 Å². The zero-order valence-corrected chi connectivity index (χ0v) is 45.6. The summed E-state index contributed by atoms with van der Waals surface area (Å²) in [6, 6.07) is 8.92. The lowest BCUT2D eigenvalue weighted by atomic mass is 9.76. The lowest BCUT2D eigenvalue weighted by Gasteiger charge is -2.30. The van der Waals surface area contributed by atoms with Crippen molar-refractivity contribution in [2.45, 2.75) is 97.2 Å². The van der Waals surface area contributed by atoms with Crippen LogP contribution < -0.4 is 9.64 Å². The van der Waals surface area contributed by atoms with Gasteiger partial charge in [0, 0.05) is 74.7 Å². The summed E-state index contributed by atoms with van der Waals surface area (Å²) in [5.74, 6) is -12.5. The summed E-state index contributed by atoms with van der Waals surface area (Å²) >= 11 is 0. The Balaban J connectivity index is 1.39. The van der Waals surface area contributed by atoms with Crippen LogP contribution in [-0.4, -0.2) is 122 Å². The average molecular weight is 1140 g/mol. The first kappa shape index (κ1) is 61.0. The van der Waals surface area contributed by atoms with E-state index in [1.165, 1.54) is 25.3 Å². The molecule has 2 heterocycles. The molecule has 0 spiro atoms. The number of halogens is 4. The first-order valence-electron chi connectivity index (χ1n) is 23.4. The zero-order chi connectivity index (χ0) is 55.7. The molecular weight excluding hydrogens is 1080 g/mol. The number of rotatable bonds is 28. The monoisotopic (exact) mass is 1140 g/mol. The molecular formula is C49H61F4N2O16S4+. The predicted octanol–water partition coefficient (Wildman–Crippen LogP) is 7.68. The summed E-state index contributed by atoms with van der Waals surface area (Å²) in [5, 5.41) is 0. The third-order valence-electron chi connectivity index (χ3n) is 13.2. The molecule has 26 heteroatoms. The second-order valence-electron chi connectivity index (χ2n) is 17.9. The van der Waals surface area contributed by atoms with E-state index in [1.807, 2.05) is 53.7 Å². The number of nitrogens with zero attached hydrogens (tertiary/aromatic N) is 2. The largest absolute Gasteiger partial charge is 0.420 e. The van der Waals surface area contributed by atoms with Gasteiger partial charge in [0.25, 0.3) is 30.4 Å². The van der Waals surface area contributed by atoms with Crippen molar-refractivity contribution < 1.29 is 91.9 Å². The Morgan fingerprint density at radius 1 is 0.707 bits per heavy atom. The number of unbranched alkanes of at least 4 members (excludes halogenated alkanes) is 3. The molecule has 18 nitrogen and oxygen atoms in total. The van der Waals surface area contributed by atoms with E-state index in [4.69, 9.17) is 13.7 Å². The molecule has 0 amide bonds. The molecule has 2 aliphatic heterocycles. The number of carbonyl (C=O) groups excluding carboxylic acids is 1. The maximum Gasteiger partial charge on any atom is 0.311 e. The maximum atomic E-state index is 14.7. The van der Waals surface area contributed by atoms with Crippen LogP contribution in [0.15, 0.2) is 87.2 Å². The molecule has 0 saturated carbocycles. The van der Waals surface area contributed by atoms with E-state index in [0.717, 1.165) is 31.3 Å². The van der Waals surface area contributed by atoms with Crippen molar-refractivity contribution >= 4 is 63.5 Å². The van der Waals surface area contributed by atoms with Crippen molar-refractivity contribution in [2.24, 2.45) is 0 Å². The number of hydrogen-bond donors (Lipinski definition) is 1. The van der Waals surface area contributed by atoms with Crippen LogP contribution in [0.1, 0.15) is 82.8 Å². The molecule has 0 bridgehead atoms. The van der Waals surface area contributed by atoms with Crippen molar-refractivity contribution in [3.63, 3.8) is 0 Å². The number of allylic oxidation sites excluding steroid dienone is 6. The van der Waals surface area contributed by atoms with Gasteiger partial charge in [0.2, 0.25) is 23.1 Å². The maximum absolute atomic E-state index is 14.7. The summed E-state index contributed by atoms with van der Waals surface area (Å²) < 4.78 is 198. The highest BCUT2D eigenvalue weighted by atomic mass is 32.2. The Kier molecular flexibility index (Phi) is 20.4. The Labute approximate surface area is 435 Å². The summed E-state index contributed by atoms with van der Waals surface area (Å²) in [6.07, 6.45) is 11.7. The van der Waals surface area contributed by atoms with Crippen LogP contribution in [-0.2, 0) is 78.1 Å². The fourth-order valence-electron chi connectivity index (χ4n) is 9.17. The molecule has 5 rings (SSSR count). The van der Waals surface area contributed by atoms with E-state index >= 15 is 0 Å². The quantitative estimate of drug-likeness (QED) is 0.0107. The normalized spacial score (nSPS) is 18.8. The standard InChI is InChI=1S/C49H60F4N2O16S4/c1-48(24-16-30-72(57,58)68-5)36-32-34(74(62,63)69-6)21-23-38(36)55(27-29-67-4)39(48)17-12-9-8-10-13-18-40-49(2,25-28-66-3)35-31-33(73(59,60)61)20-22-37(35)54(40)26-15-11-14-19-41(56)71-46-42(50)44(52)47(45(53)43(46)51)75(64,65)70-7/h9,12-13,17-18,20-23,31-32H,8,10-11,14-16,19,24-30H2,1-7H3/p+1. The fourth-order valence-corrected chi connectivity index (χ4v) is 11.8. The van der Waals surface area contributed by atoms with Crippen molar-refractivity contribution in [2.75, 3.05) is 72.5 Å². The Morgan fingerprint density at radius 3 is 1.95 bits per heavy atom. The molecule has 75 heavy (non-hydrogen) atoms. The molecule has 2 unspecified atom stereocenters. The van der Waals surface area contributed by atoms with Crippen LogP contribution in [0.3, 0.4) is 0 Å². The number of ether oxygens (including phenoxy) is 3. The molecule has 1 N–H and O–H groups in total. The molecule has 0 fully saturated rings. The SMILES string of the molecule is COCCN1C(=CC=CCCC=CC2=[N+](CCCCCC(=O)Oc3c(F)c(F)c(S(=O)(=O)OC)c(F)c3F)c3ccc(S(=O)(=O)O)cc3C2(C)CCOC)C(C)(CCCS(=O)(=O)OC)c2cc(S(=O)(=O)OC)ccc21. The zero-order valence-electron chi connectivity index (χ0n) is 42.4. The van der Waals surface area contributed by atoms with E-state index in [0.29, 0.717) is 82.1 Å². The van der Waals surface area contributed by atoms with E-state index in [1.54, 1.807) is 25.3 Å². The summed E-state index contributed by atoms with van der Waals surface area (Å²) in [5.41, 5.74) is 2.38. The van der Waals surface area contributed by atoms with Crippen LogP contribution in [0.2, 0.25) is 0 Å². The van der Waals surface area contributed by atoms with Gasteiger partial charge in [0.15, 0.2) is 22.2 Å². The molecule has 2 atom stereocenters. The number of hydrogen-bond acceptors (Lipinski definition) is 16. The molecule has 0 radical (unpaired) electrons. The van der Waals surface area contributed by atoms with Gasteiger partial charge in [0.05, 0.1) is 48.9 Å². The predicted molar refractivity (Wildman–Crippen MR) is 267 cm³/mol. The third kappa shape index (κ3) is 13.6. The molecule has 0 aliphatic carbocycles. The van der Waals surface area contributed by atoms with E-state index in [2.05, 4.69) is 13.1 Å². The number of carbonyl (C=O) groups is 1. The van der Waals surface area contributed by atoms with Gasteiger partial charge in [-0.1, -0.05) is 18.2 Å². The topological polar surface area (TPSA) is 235 Å². The third-order valence-corrected chi connectivity index (χ3v) is 17.9. The molecule has 3 aromatic carbocycles. The molecule has 414 valence electrons. The van der Waals surface area contributed by atoms with Gasteiger partial charge in [-0.3, -0.25) is 21.9 Å². The van der Waals surface area contributed by atoms with Crippen molar-refractivity contribution in [3.05, 3.63) is 107 Å². The number of esters is 1.